The van der Waals surface area contributed by atoms with Gasteiger partial charge in [-0.05, 0) is 67.5 Å². The van der Waals surface area contributed by atoms with Crippen molar-refractivity contribution in [3.05, 3.63) is 64.8 Å². The van der Waals surface area contributed by atoms with Crippen LogP contribution in [-0.4, -0.2) is 41.4 Å². The minimum atomic E-state index is -0.313. The number of unbranched alkanes of at least 4 members (excludes halogenated alkanes) is 1. The van der Waals surface area contributed by atoms with E-state index in [2.05, 4.69) is 62.6 Å². The topological polar surface area (TPSA) is 66.4 Å². The summed E-state index contributed by atoms with van der Waals surface area (Å²) in [7, 11) is 1.70. The second-order valence-corrected chi connectivity index (χ2v) is 10.4. The van der Waals surface area contributed by atoms with Crippen molar-refractivity contribution in [2.45, 2.75) is 63.5 Å². The summed E-state index contributed by atoms with van der Waals surface area (Å²) in [5.74, 6) is 0.255. The van der Waals surface area contributed by atoms with Gasteiger partial charge in [-0.3, -0.25) is 14.5 Å². The average molecular weight is 471 g/mol. The Hall–Kier alpha value is -3.12. The van der Waals surface area contributed by atoms with Crippen molar-refractivity contribution in [3.8, 4) is 0 Å². The van der Waals surface area contributed by atoms with Gasteiger partial charge in [0.05, 0.1) is 5.41 Å². The molecule has 0 radical (unpaired) electrons. The third-order valence-electron chi connectivity index (χ3n) is 8.51. The quantitative estimate of drug-likeness (QED) is 0.510. The molecule has 182 valence electrons. The maximum atomic E-state index is 13.1. The summed E-state index contributed by atoms with van der Waals surface area (Å²) in [6.45, 7) is 3.35. The van der Waals surface area contributed by atoms with Crippen molar-refractivity contribution in [1.29, 1.82) is 0 Å². The lowest BCUT2D eigenvalue weighted by atomic mass is 9.68. The van der Waals surface area contributed by atoms with Gasteiger partial charge in [-0.1, -0.05) is 36.8 Å². The Bertz CT molecular complexity index is 1310. The third kappa shape index (κ3) is 3.66. The number of aryl methyl sites for hydroxylation is 1. The number of aromatic nitrogens is 1. The molecule has 0 fully saturated rings. The number of hydrogen-bond acceptors (Lipinski definition) is 3. The molecule has 6 nitrogen and oxygen atoms in total. The van der Waals surface area contributed by atoms with E-state index in [9.17, 15) is 9.59 Å². The first-order valence-corrected chi connectivity index (χ1v) is 13.1. The van der Waals surface area contributed by atoms with Crippen molar-refractivity contribution >= 4 is 28.4 Å². The number of rotatable bonds is 7. The second kappa shape index (κ2) is 8.83. The van der Waals surface area contributed by atoms with Crippen LogP contribution in [0.5, 0.6) is 0 Å². The number of amides is 2. The Labute approximate surface area is 206 Å². The molecule has 6 heteroatoms. The lowest BCUT2D eigenvalue weighted by Gasteiger charge is -2.33. The van der Waals surface area contributed by atoms with Crippen LogP contribution in [0.2, 0.25) is 0 Å². The SMILES string of the molecule is CNC(=O)Cn1c2c(c3ccccc31)CN(CCCCC13CCCc4cccc(c41)NC3=O)CC2. The van der Waals surface area contributed by atoms with Crippen LogP contribution in [0.4, 0.5) is 5.69 Å². The molecule has 2 N–H and O–H groups in total. The molecule has 0 spiro atoms. The van der Waals surface area contributed by atoms with Crippen molar-refractivity contribution in [2.24, 2.45) is 0 Å². The molecule has 3 aliphatic rings. The predicted octanol–water partition coefficient (Wildman–Crippen LogP) is 4.14. The Morgan fingerprint density at radius 2 is 2.00 bits per heavy atom. The van der Waals surface area contributed by atoms with E-state index >= 15 is 0 Å². The second-order valence-electron chi connectivity index (χ2n) is 10.4. The molecular formula is C29H34N4O2. The number of anilines is 1. The molecule has 2 aromatic carbocycles. The largest absolute Gasteiger partial charge is 0.358 e. The zero-order valence-corrected chi connectivity index (χ0v) is 20.5. The summed E-state index contributed by atoms with van der Waals surface area (Å²) in [6.07, 6.45) is 7.21. The molecule has 0 saturated carbocycles. The van der Waals surface area contributed by atoms with Crippen LogP contribution >= 0.6 is 0 Å². The molecular weight excluding hydrogens is 436 g/mol. The number of nitrogens with one attached hydrogen (secondary N) is 2. The van der Waals surface area contributed by atoms with Gasteiger partial charge in [-0.15, -0.1) is 0 Å². The first-order valence-electron chi connectivity index (χ1n) is 13.1. The lowest BCUT2D eigenvalue weighted by Crippen LogP contribution is -2.37. The van der Waals surface area contributed by atoms with Crippen LogP contribution in [0.1, 0.15) is 54.5 Å². The molecule has 0 saturated heterocycles. The number of fused-ring (bicyclic) bond motifs is 3. The van der Waals surface area contributed by atoms with E-state index in [1.54, 1.807) is 7.05 Å². The van der Waals surface area contributed by atoms with Gasteiger partial charge in [0.1, 0.15) is 6.54 Å². The fourth-order valence-electron chi connectivity index (χ4n) is 6.83. The van der Waals surface area contributed by atoms with Crippen LogP contribution in [-0.2, 0) is 40.9 Å². The maximum absolute atomic E-state index is 13.1. The van der Waals surface area contributed by atoms with E-state index in [1.165, 1.54) is 27.8 Å². The van der Waals surface area contributed by atoms with Gasteiger partial charge in [-0.2, -0.15) is 0 Å². The van der Waals surface area contributed by atoms with E-state index in [0.717, 1.165) is 75.8 Å². The van der Waals surface area contributed by atoms with Gasteiger partial charge in [0.25, 0.3) is 0 Å². The highest BCUT2D eigenvalue weighted by atomic mass is 16.2. The number of carbonyl (C=O) groups excluding carboxylic acids is 2. The molecule has 1 atom stereocenters. The molecule has 3 aromatic rings. The van der Waals surface area contributed by atoms with Gasteiger partial charge in [0, 0.05) is 48.8 Å². The summed E-state index contributed by atoms with van der Waals surface area (Å²) < 4.78 is 2.21. The zero-order chi connectivity index (χ0) is 24.0. The van der Waals surface area contributed by atoms with Crippen LogP contribution < -0.4 is 10.6 Å². The number of carbonyl (C=O) groups is 2. The molecule has 2 amide bonds. The predicted molar refractivity (Wildman–Crippen MR) is 139 cm³/mol. The summed E-state index contributed by atoms with van der Waals surface area (Å²) in [4.78, 5) is 27.8. The van der Waals surface area contributed by atoms with Crippen LogP contribution in [0.3, 0.4) is 0 Å². The fraction of sp³-hybridized carbons (Fsp3) is 0.448. The molecule has 35 heavy (non-hydrogen) atoms. The Kier molecular flexibility index (Phi) is 5.64. The van der Waals surface area contributed by atoms with Crippen molar-refractivity contribution in [1.82, 2.24) is 14.8 Å². The monoisotopic (exact) mass is 470 g/mol. The van der Waals surface area contributed by atoms with E-state index in [0.29, 0.717) is 6.54 Å². The number of benzene rings is 2. The number of likely N-dealkylation sites (N-methyl/N-ethyl adjacent to an activating group) is 1. The minimum Gasteiger partial charge on any atom is -0.358 e. The molecule has 1 aliphatic carbocycles. The van der Waals surface area contributed by atoms with E-state index in [4.69, 9.17) is 0 Å². The third-order valence-corrected chi connectivity index (χ3v) is 8.51. The fourth-order valence-corrected chi connectivity index (χ4v) is 6.83. The standard InChI is InChI=1S/C29H34N4O2/c1-30-26(34)19-33-24-12-3-2-10-21(24)22-18-32(17-13-25(22)33)16-5-4-14-29-15-7-9-20-8-6-11-23(27(20)29)31-28(29)35/h2-3,6,8,10-12H,4-5,7,9,13-19H2,1H3,(H,30,34)(H,31,35). The first-order chi connectivity index (χ1) is 17.1. The van der Waals surface area contributed by atoms with Gasteiger partial charge in [-0.25, -0.2) is 0 Å². The van der Waals surface area contributed by atoms with E-state index < -0.39 is 0 Å². The highest BCUT2D eigenvalue weighted by molar-refractivity contribution is 6.07. The lowest BCUT2D eigenvalue weighted by molar-refractivity contribution is -0.122. The molecule has 3 heterocycles. The van der Waals surface area contributed by atoms with Crippen molar-refractivity contribution < 1.29 is 9.59 Å². The van der Waals surface area contributed by atoms with Gasteiger partial charge < -0.3 is 15.2 Å². The first kappa shape index (κ1) is 22.4. The average Bonchev–Trinajstić information content (AvgIpc) is 3.35. The number of para-hydroxylation sites is 1. The van der Waals surface area contributed by atoms with Crippen LogP contribution in [0.15, 0.2) is 42.5 Å². The summed E-state index contributed by atoms with van der Waals surface area (Å²) in [5, 5.41) is 7.21. The van der Waals surface area contributed by atoms with Gasteiger partial charge in [0.15, 0.2) is 0 Å². The maximum Gasteiger partial charge on any atom is 0.239 e. The number of hydrogen-bond donors (Lipinski definition) is 2. The van der Waals surface area contributed by atoms with Crippen LogP contribution in [0, 0.1) is 0 Å². The van der Waals surface area contributed by atoms with E-state index in [-0.39, 0.29) is 17.2 Å². The zero-order valence-electron chi connectivity index (χ0n) is 20.5. The normalized spacial score (nSPS) is 21.0. The smallest absolute Gasteiger partial charge is 0.239 e. The molecule has 0 bridgehead atoms. The highest BCUT2D eigenvalue weighted by Crippen LogP contribution is 2.49. The van der Waals surface area contributed by atoms with E-state index in [1.807, 2.05) is 0 Å². The van der Waals surface area contributed by atoms with Crippen LogP contribution in [0.25, 0.3) is 10.9 Å². The molecule has 2 aliphatic heterocycles. The van der Waals surface area contributed by atoms with Gasteiger partial charge in [0.2, 0.25) is 11.8 Å². The Morgan fingerprint density at radius 3 is 2.89 bits per heavy atom. The van der Waals surface area contributed by atoms with Gasteiger partial charge >= 0.3 is 0 Å². The van der Waals surface area contributed by atoms with Crippen molar-refractivity contribution in [2.75, 3.05) is 25.5 Å². The van der Waals surface area contributed by atoms with Crippen molar-refractivity contribution in [3.63, 3.8) is 0 Å². The summed E-state index contributed by atoms with van der Waals surface area (Å²) in [5.41, 5.74) is 7.22. The number of nitrogens with zero attached hydrogens (tertiary/aromatic N) is 2. The highest BCUT2D eigenvalue weighted by Gasteiger charge is 2.48. The Balaban J connectivity index is 1.14. The summed E-state index contributed by atoms with van der Waals surface area (Å²) >= 11 is 0. The molecule has 1 aromatic heterocycles. The minimum absolute atomic E-state index is 0.0405. The molecule has 1 unspecified atom stereocenters. The summed E-state index contributed by atoms with van der Waals surface area (Å²) in [6, 6.07) is 14.8. The Morgan fingerprint density at radius 1 is 1.11 bits per heavy atom. The molecule has 6 rings (SSSR count).